The number of aromatic nitrogens is 2. The van der Waals surface area contributed by atoms with Crippen molar-refractivity contribution in [3.05, 3.63) is 64.7 Å². The van der Waals surface area contributed by atoms with Gasteiger partial charge in [0.25, 0.3) is 0 Å². The van der Waals surface area contributed by atoms with Gasteiger partial charge in [-0.05, 0) is 50.9 Å². The lowest BCUT2D eigenvalue weighted by Gasteiger charge is -2.34. The Kier molecular flexibility index (Phi) is 21.2. The number of carbonyl (C=O) groups excluding carboxylic acids is 1. The summed E-state index contributed by atoms with van der Waals surface area (Å²) in [6.45, 7) is 17.7. The van der Waals surface area contributed by atoms with Gasteiger partial charge < -0.3 is 15.6 Å². The normalized spacial score (nSPS) is 17.1. The van der Waals surface area contributed by atoms with Gasteiger partial charge in [-0.2, -0.15) is 0 Å². The molecule has 0 saturated carbocycles. The van der Waals surface area contributed by atoms with E-state index in [4.69, 9.17) is 17.3 Å². The van der Waals surface area contributed by atoms with Gasteiger partial charge in [-0.1, -0.05) is 77.4 Å². The number of aromatic amines is 1. The van der Waals surface area contributed by atoms with Crippen molar-refractivity contribution >= 4 is 48.3 Å². The Hall–Kier alpha value is -1.57. The molecule has 3 unspecified atom stereocenters. The maximum atomic E-state index is 12.9. The molecule has 0 radical (unpaired) electrons. The van der Waals surface area contributed by atoms with Crippen LogP contribution >= 0.6 is 31.5 Å². The van der Waals surface area contributed by atoms with Crippen LogP contribution in [0.2, 0.25) is 5.02 Å². The molecule has 40 heavy (non-hydrogen) atoms. The highest BCUT2D eigenvalue weighted by Crippen LogP contribution is 2.39. The Balaban J connectivity index is 0.00000237. The van der Waals surface area contributed by atoms with E-state index < -0.39 is 8.30 Å². The largest absolute Gasteiger partial charge is 0.356 e. The SMILES string of the molecule is C=C(/C=C\C(=C/C)C(=O)CN1CCCCC1CN)P(O)NC(CC)c1nc2ccc(Cl)cc2[nH]1.CC.CC.CCl. The summed E-state index contributed by atoms with van der Waals surface area (Å²) in [5.41, 5.74) is 8.17. The van der Waals surface area contributed by atoms with Crippen molar-refractivity contribution in [2.75, 3.05) is 26.0 Å². The molecule has 2 aromatic rings. The van der Waals surface area contributed by atoms with Gasteiger partial charge in [-0.15, -0.1) is 11.6 Å². The first-order chi connectivity index (χ1) is 19.4. The van der Waals surface area contributed by atoms with E-state index in [-0.39, 0.29) is 17.9 Å². The number of likely N-dealkylation sites (tertiary alicyclic amines) is 1. The number of allylic oxidation sites excluding steroid dienone is 4. The number of rotatable bonds is 11. The van der Waals surface area contributed by atoms with Crippen molar-refractivity contribution in [1.29, 1.82) is 0 Å². The molecule has 10 heteroatoms. The fraction of sp³-hybridized carbons (Fsp3) is 0.533. The average Bonchev–Trinajstić information content (AvgIpc) is 3.42. The van der Waals surface area contributed by atoms with Gasteiger partial charge in [0.15, 0.2) is 5.78 Å². The molecule has 7 nitrogen and oxygen atoms in total. The molecule has 1 aliphatic rings. The first-order valence-electron chi connectivity index (χ1n) is 14.1. The van der Waals surface area contributed by atoms with Gasteiger partial charge in [0, 0.05) is 34.9 Å². The minimum Gasteiger partial charge on any atom is -0.356 e. The number of carbonyl (C=O) groups is 1. The number of nitrogens with two attached hydrogens (primary N) is 1. The van der Waals surface area contributed by atoms with Gasteiger partial charge >= 0.3 is 0 Å². The number of hydrogen-bond acceptors (Lipinski definition) is 6. The van der Waals surface area contributed by atoms with Crippen molar-refractivity contribution in [2.24, 2.45) is 5.73 Å². The second-order valence-electron chi connectivity index (χ2n) is 8.53. The fourth-order valence-electron chi connectivity index (χ4n) is 4.16. The topological polar surface area (TPSA) is 107 Å². The lowest BCUT2D eigenvalue weighted by Crippen LogP contribution is -2.46. The van der Waals surface area contributed by atoms with Crippen LogP contribution in [0.4, 0.5) is 0 Å². The first kappa shape index (κ1) is 38.4. The van der Waals surface area contributed by atoms with Crippen LogP contribution in [0, 0.1) is 0 Å². The van der Waals surface area contributed by atoms with Gasteiger partial charge in [-0.3, -0.25) is 14.8 Å². The molecule has 1 fully saturated rings. The Morgan fingerprint density at radius 1 is 1.30 bits per heavy atom. The maximum absolute atomic E-state index is 12.9. The Morgan fingerprint density at radius 2 is 1.98 bits per heavy atom. The first-order valence-corrected chi connectivity index (χ1v) is 16.6. The average molecular weight is 615 g/mol. The summed E-state index contributed by atoms with van der Waals surface area (Å²) in [5.74, 6) is 0.785. The highest BCUT2D eigenvalue weighted by Gasteiger charge is 2.24. The van der Waals surface area contributed by atoms with E-state index >= 15 is 0 Å². The summed E-state index contributed by atoms with van der Waals surface area (Å²) < 4.78 is 0. The number of nitrogens with zero attached hydrogens (tertiary/aromatic N) is 2. The van der Waals surface area contributed by atoms with Crippen LogP contribution in [0.25, 0.3) is 11.0 Å². The maximum Gasteiger partial charge on any atom is 0.176 e. The zero-order valence-corrected chi connectivity index (χ0v) is 27.7. The summed E-state index contributed by atoms with van der Waals surface area (Å²) in [7, 11) is -1.71. The van der Waals surface area contributed by atoms with E-state index in [0.29, 0.717) is 29.0 Å². The number of Topliss-reactive ketones (excluding diaryl/α,β-unsaturated/α-hetero) is 1. The second kappa shape index (κ2) is 22.1. The summed E-state index contributed by atoms with van der Waals surface area (Å²) in [5, 5.41) is 4.39. The summed E-state index contributed by atoms with van der Waals surface area (Å²) >= 11 is 10.7. The lowest BCUT2D eigenvalue weighted by atomic mass is 10.0. The number of alkyl halides is 1. The molecule has 1 aliphatic heterocycles. The number of hydrogen-bond donors (Lipinski definition) is 4. The number of imidazole rings is 1. The number of ketones is 1. The summed E-state index contributed by atoms with van der Waals surface area (Å²) in [6, 6.07) is 5.59. The number of piperidine rings is 1. The molecule has 0 bridgehead atoms. The summed E-state index contributed by atoms with van der Waals surface area (Å²) in [6.07, 6.45) is 10.8. The molecule has 0 amide bonds. The Morgan fingerprint density at radius 3 is 2.58 bits per heavy atom. The Bertz CT molecular complexity index is 1070. The highest BCUT2D eigenvalue weighted by atomic mass is 35.5. The zero-order valence-electron chi connectivity index (χ0n) is 25.3. The standard InChI is InChI=1S/C25H35ClN5O2P.2C2H6.CH3Cl/c1-4-18(24(32)16-31-13-7-6-8-20(31)15-27)10-9-17(3)34(33)30-21(5-2)25-28-22-12-11-19(26)14-23(22)29-25;3*1-2/h4,9-12,14,20-21,30,33H,3,5-8,13,15-16,27H2,1-2H3,(H,28,29);2*1-2H3;1H3/b10-9-,18-4+;;;. The van der Waals surface area contributed by atoms with E-state index in [2.05, 4.69) is 38.1 Å². The monoisotopic (exact) mass is 613 g/mol. The second-order valence-corrected chi connectivity index (χ2v) is 10.4. The number of benzene rings is 1. The number of fused-ring (bicyclic) bond motifs is 1. The van der Waals surface area contributed by atoms with Crippen molar-refractivity contribution < 1.29 is 9.69 Å². The van der Waals surface area contributed by atoms with Gasteiger partial charge in [-0.25, -0.2) is 4.98 Å². The van der Waals surface area contributed by atoms with Crippen molar-refractivity contribution in [3.63, 3.8) is 0 Å². The molecule has 1 aromatic carbocycles. The number of halogens is 2. The van der Waals surface area contributed by atoms with Crippen molar-refractivity contribution in [2.45, 2.75) is 79.3 Å². The van der Waals surface area contributed by atoms with Crippen LogP contribution in [-0.2, 0) is 4.79 Å². The third kappa shape index (κ3) is 12.1. The van der Waals surface area contributed by atoms with Gasteiger partial charge in [0.1, 0.15) is 14.1 Å². The molecule has 0 spiro atoms. The molecular weight excluding hydrogens is 564 g/mol. The van der Waals surface area contributed by atoms with E-state index in [0.717, 1.165) is 49.1 Å². The quantitative estimate of drug-likeness (QED) is 0.0889. The zero-order chi connectivity index (χ0) is 30.7. The molecule has 3 rings (SSSR count). The van der Waals surface area contributed by atoms with Crippen molar-refractivity contribution in [1.82, 2.24) is 20.0 Å². The molecule has 3 atom stereocenters. The highest BCUT2D eigenvalue weighted by molar-refractivity contribution is 7.54. The van der Waals surface area contributed by atoms with Crippen LogP contribution in [0.15, 0.2) is 53.9 Å². The predicted octanol–water partition coefficient (Wildman–Crippen LogP) is 7.87. The molecular formula is C30H50Cl2N5O2P. The third-order valence-corrected chi connectivity index (χ3v) is 7.69. The molecule has 2 heterocycles. The van der Waals surface area contributed by atoms with E-state index in [9.17, 15) is 9.69 Å². The molecule has 0 aliphatic carbocycles. The lowest BCUT2D eigenvalue weighted by molar-refractivity contribution is -0.117. The van der Waals surface area contributed by atoms with Crippen LogP contribution in [0.3, 0.4) is 0 Å². The van der Waals surface area contributed by atoms with Crippen LogP contribution in [-0.4, -0.2) is 57.6 Å². The number of H-pyrrole nitrogens is 1. The predicted molar refractivity (Wildman–Crippen MR) is 176 cm³/mol. The fourth-order valence-corrected chi connectivity index (χ4v) is 5.31. The smallest absolute Gasteiger partial charge is 0.176 e. The molecule has 226 valence electrons. The molecule has 5 N–H and O–H groups in total. The van der Waals surface area contributed by atoms with E-state index in [1.54, 1.807) is 24.3 Å². The van der Waals surface area contributed by atoms with Gasteiger partial charge in [0.2, 0.25) is 0 Å². The third-order valence-electron chi connectivity index (χ3n) is 6.21. The van der Waals surface area contributed by atoms with Crippen molar-refractivity contribution in [3.8, 4) is 0 Å². The minimum absolute atomic E-state index is 0.0505. The van der Waals surface area contributed by atoms with E-state index in [1.807, 2.05) is 53.7 Å². The van der Waals surface area contributed by atoms with Gasteiger partial charge in [0.05, 0.1) is 23.6 Å². The number of nitrogens with one attached hydrogen (secondary N) is 2. The molecule has 1 saturated heterocycles. The summed E-state index contributed by atoms with van der Waals surface area (Å²) in [4.78, 5) is 33.7. The Labute approximate surface area is 253 Å². The minimum atomic E-state index is -1.71. The molecule has 1 aromatic heterocycles. The van der Waals surface area contributed by atoms with E-state index in [1.165, 1.54) is 6.38 Å². The van der Waals surface area contributed by atoms with Crippen LogP contribution in [0.5, 0.6) is 0 Å². The van der Waals surface area contributed by atoms with Crippen LogP contribution < -0.4 is 10.8 Å². The van der Waals surface area contributed by atoms with Crippen LogP contribution in [0.1, 0.15) is 79.1 Å².